The van der Waals surface area contributed by atoms with Crippen molar-refractivity contribution in [2.24, 2.45) is 5.41 Å². The number of carbonyl (C=O) groups is 2. The summed E-state index contributed by atoms with van der Waals surface area (Å²) in [6.07, 6.45) is 5.93. The van der Waals surface area contributed by atoms with Crippen LogP contribution in [0.3, 0.4) is 0 Å². The van der Waals surface area contributed by atoms with Crippen LogP contribution in [-0.4, -0.2) is 36.3 Å². The van der Waals surface area contributed by atoms with E-state index in [1.807, 2.05) is 4.90 Å². The summed E-state index contributed by atoms with van der Waals surface area (Å²) in [5, 5.41) is 11.8. The van der Waals surface area contributed by atoms with Crippen molar-refractivity contribution < 1.29 is 9.59 Å². The number of nitriles is 1. The average molecular weight is 263 g/mol. The van der Waals surface area contributed by atoms with Crippen LogP contribution in [0.15, 0.2) is 0 Å². The smallest absolute Gasteiger partial charge is 0.240 e. The fourth-order valence-electron chi connectivity index (χ4n) is 2.67. The quantitative estimate of drug-likeness (QED) is 0.828. The van der Waals surface area contributed by atoms with Gasteiger partial charge in [0.2, 0.25) is 11.8 Å². The van der Waals surface area contributed by atoms with E-state index in [1.165, 1.54) is 6.42 Å². The van der Waals surface area contributed by atoms with E-state index in [9.17, 15) is 9.59 Å². The Hall–Kier alpha value is -1.57. The molecule has 0 spiro atoms. The van der Waals surface area contributed by atoms with Gasteiger partial charge >= 0.3 is 0 Å². The molecule has 1 saturated carbocycles. The number of nitrogens with zero attached hydrogens (tertiary/aromatic N) is 2. The molecule has 0 bridgehead atoms. The van der Waals surface area contributed by atoms with Gasteiger partial charge in [-0.15, -0.1) is 0 Å². The Morgan fingerprint density at radius 3 is 2.37 bits per heavy atom. The number of hydrogen-bond donors (Lipinski definition) is 1. The number of piperidine rings is 1. The van der Waals surface area contributed by atoms with Gasteiger partial charge in [-0.2, -0.15) is 5.26 Å². The van der Waals surface area contributed by atoms with Crippen molar-refractivity contribution in [2.75, 3.05) is 19.6 Å². The highest BCUT2D eigenvalue weighted by Crippen LogP contribution is 2.40. The highest BCUT2D eigenvalue weighted by atomic mass is 16.2. The molecule has 2 amide bonds. The van der Waals surface area contributed by atoms with Crippen LogP contribution >= 0.6 is 0 Å². The first-order valence-electron chi connectivity index (χ1n) is 7.15. The molecule has 5 heteroatoms. The largest absolute Gasteiger partial charge is 0.354 e. The maximum Gasteiger partial charge on any atom is 0.240 e. The fraction of sp³-hybridized carbons (Fsp3) is 0.786. The van der Waals surface area contributed by atoms with Gasteiger partial charge in [-0.05, 0) is 38.5 Å². The molecule has 0 atom stereocenters. The van der Waals surface area contributed by atoms with E-state index in [4.69, 9.17) is 5.26 Å². The Balaban J connectivity index is 1.70. The SMILES string of the molecule is N#CC1(C(=O)NCCC(=O)N2CCCCC2)CCC1. The maximum absolute atomic E-state index is 11.9. The molecule has 0 aromatic rings. The van der Waals surface area contributed by atoms with Crippen molar-refractivity contribution in [3.05, 3.63) is 0 Å². The molecule has 19 heavy (non-hydrogen) atoms. The molecule has 1 heterocycles. The van der Waals surface area contributed by atoms with Gasteiger partial charge in [-0.1, -0.05) is 0 Å². The zero-order chi connectivity index (χ0) is 13.7. The topological polar surface area (TPSA) is 73.2 Å². The third kappa shape index (κ3) is 3.06. The van der Waals surface area contributed by atoms with Gasteiger partial charge < -0.3 is 10.2 Å². The first-order valence-corrected chi connectivity index (χ1v) is 7.15. The molecule has 0 unspecified atom stereocenters. The average Bonchev–Trinajstić information content (AvgIpc) is 2.39. The van der Waals surface area contributed by atoms with Crippen LogP contribution in [0.5, 0.6) is 0 Å². The molecule has 1 aliphatic carbocycles. The van der Waals surface area contributed by atoms with E-state index >= 15 is 0 Å². The summed E-state index contributed by atoms with van der Waals surface area (Å²) in [6.45, 7) is 2.03. The molecule has 1 aliphatic heterocycles. The fourth-order valence-corrected chi connectivity index (χ4v) is 2.67. The van der Waals surface area contributed by atoms with Crippen LogP contribution in [0.4, 0.5) is 0 Å². The Morgan fingerprint density at radius 2 is 1.84 bits per heavy atom. The lowest BCUT2D eigenvalue weighted by Crippen LogP contribution is -2.46. The minimum Gasteiger partial charge on any atom is -0.354 e. The first-order chi connectivity index (χ1) is 9.18. The van der Waals surface area contributed by atoms with Crippen LogP contribution in [0.1, 0.15) is 44.9 Å². The molecule has 2 rings (SSSR count). The van der Waals surface area contributed by atoms with E-state index in [1.54, 1.807) is 0 Å². The Kier molecular flexibility index (Phi) is 4.41. The van der Waals surface area contributed by atoms with Gasteiger partial charge in [0.15, 0.2) is 0 Å². The highest BCUT2D eigenvalue weighted by molar-refractivity contribution is 5.86. The molecule has 1 saturated heterocycles. The Labute approximate surface area is 113 Å². The first kappa shape index (κ1) is 13.9. The van der Waals surface area contributed by atoms with E-state index in [0.29, 0.717) is 25.8 Å². The molecule has 1 N–H and O–H groups in total. The lowest BCUT2D eigenvalue weighted by atomic mass is 9.69. The monoisotopic (exact) mass is 263 g/mol. The molecule has 0 radical (unpaired) electrons. The molecule has 0 aromatic heterocycles. The number of likely N-dealkylation sites (tertiary alicyclic amines) is 1. The number of carbonyl (C=O) groups excluding carboxylic acids is 2. The molecule has 2 aliphatic rings. The van der Waals surface area contributed by atoms with Crippen molar-refractivity contribution in [1.82, 2.24) is 10.2 Å². The minimum absolute atomic E-state index is 0.111. The van der Waals surface area contributed by atoms with Crippen LogP contribution in [0, 0.1) is 16.7 Å². The number of hydrogen-bond acceptors (Lipinski definition) is 3. The second kappa shape index (κ2) is 6.05. The zero-order valence-corrected chi connectivity index (χ0v) is 11.3. The molecule has 2 fully saturated rings. The third-order valence-corrected chi connectivity index (χ3v) is 4.19. The number of rotatable bonds is 4. The van der Waals surface area contributed by atoms with Crippen LogP contribution < -0.4 is 5.32 Å². The molecule has 0 aromatic carbocycles. The molecular weight excluding hydrogens is 242 g/mol. The predicted molar refractivity (Wildman–Crippen MR) is 70.0 cm³/mol. The van der Waals surface area contributed by atoms with Crippen molar-refractivity contribution in [2.45, 2.75) is 44.9 Å². The second-order valence-corrected chi connectivity index (χ2v) is 5.49. The van der Waals surface area contributed by atoms with E-state index < -0.39 is 5.41 Å². The van der Waals surface area contributed by atoms with E-state index in [0.717, 1.165) is 32.4 Å². The van der Waals surface area contributed by atoms with Gasteiger partial charge in [0.25, 0.3) is 0 Å². The van der Waals surface area contributed by atoms with Crippen molar-refractivity contribution in [3.63, 3.8) is 0 Å². The maximum atomic E-state index is 11.9. The van der Waals surface area contributed by atoms with Crippen LogP contribution in [0.2, 0.25) is 0 Å². The Bertz CT molecular complexity index is 390. The third-order valence-electron chi connectivity index (χ3n) is 4.19. The summed E-state index contributed by atoms with van der Waals surface area (Å²) >= 11 is 0. The van der Waals surface area contributed by atoms with Crippen molar-refractivity contribution in [3.8, 4) is 6.07 Å². The highest BCUT2D eigenvalue weighted by Gasteiger charge is 2.44. The predicted octanol–water partition coefficient (Wildman–Crippen LogP) is 1.20. The van der Waals surface area contributed by atoms with Crippen LogP contribution in [-0.2, 0) is 9.59 Å². The van der Waals surface area contributed by atoms with Gasteiger partial charge in [0.05, 0.1) is 6.07 Å². The summed E-state index contributed by atoms with van der Waals surface area (Å²) in [4.78, 5) is 25.6. The summed E-state index contributed by atoms with van der Waals surface area (Å²) in [7, 11) is 0. The number of nitrogens with one attached hydrogen (secondary N) is 1. The van der Waals surface area contributed by atoms with E-state index in [-0.39, 0.29) is 11.8 Å². The van der Waals surface area contributed by atoms with Gasteiger partial charge in [-0.25, -0.2) is 0 Å². The van der Waals surface area contributed by atoms with Gasteiger partial charge in [-0.3, -0.25) is 9.59 Å². The Morgan fingerprint density at radius 1 is 1.16 bits per heavy atom. The summed E-state index contributed by atoms with van der Waals surface area (Å²) in [5.74, 6) is -0.0905. The standard InChI is InChI=1S/C14H21N3O2/c15-11-14(6-4-7-14)13(19)16-8-5-12(18)17-9-2-1-3-10-17/h1-10H2,(H,16,19). The normalized spacial score (nSPS) is 21.1. The summed E-state index contributed by atoms with van der Waals surface area (Å²) < 4.78 is 0. The van der Waals surface area contributed by atoms with E-state index in [2.05, 4.69) is 11.4 Å². The lowest BCUT2D eigenvalue weighted by molar-refractivity contribution is -0.133. The van der Waals surface area contributed by atoms with Gasteiger partial charge in [0.1, 0.15) is 5.41 Å². The van der Waals surface area contributed by atoms with Gasteiger partial charge in [0, 0.05) is 26.1 Å². The molecule has 104 valence electrons. The second-order valence-electron chi connectivity index (χ2n) is 5.49. The molecular formula is C14H21N3O2. The van der Waals surface area contributed by atoms with Crippen LogP contribution in [0.25, 0.3) is 0 Å². The molecule has 5 nitrogen and oxygen atoms in total. The zero-order valence-electron chi connectivity index (χ0n) is 11.3. The van der Waals surface area contributed by atoms with Crippen molar-refractivity contribution in [1.29, 1.82) is 5.26 Å². The number of amides is 2. The lowest BCUT2D eigenvalue weighted by Gasteiger charge is -2.33. The minimum atomic E-state index is -0.811. The summed E-state index contributed by atoms with van der Waals surface area (Å²) in [5.41, 5.74) is -0.811. The van der Waals surface area contributed by atoms with Crippen molar-refractivity contribution >= 4 is 11.8 Å². The summed E-state index contributed by atoms with van der Waals surface area (Å²) in [6, 6.07) is 2.11.